The first kappa shape index (κ1) is 15.9. The van der Waals surface area contributed by atoms with Gasteiger partial charge in [-0.05, 0) is 32.9 Å². The molecule has 6 heteroatoms. The number of nitrogens with one attached hydrogen (secondary N) is 2. The molecule has 0 heterocycles. The summed E-state index contributed by atoms with van der Waals surface area (Å²) >= 11 is 0. The van der Waals surface area contributed by atoms with Crippen LogP contribution in [0, 0.1) is 12.7 Å². The van der Waals surface area contributed by atoms with E-state index in [4.69, 9.17) is 5.73 Å². The third-order valence-electron chi connectivity index (χ3n) is 2.73. The first-order valence-electron chi connectivity index (χ1n) is 6.44. The number of rotatable bonds is 5. The van der Waals surface area contributed by atoms with Crippen LogP contribution in [0.1, 0.15) is 36.2 Å². The van der Waals surface area contributed by atoms with Crippen molar-refractivity contribution in [1.82, 2.24) is 10.6 Å². The molecule has 0 aliphatic heterocycles. The maximum Gasteiger partial charge on any atom is 0.251 e. The zero-order valence-electron chi connectivity index (χ0n) is 11.9. The van der Waals surface area contributed by atoms with Crippen LogP contribution in [-0.2, 0) is 4.79 Å². The third kappa shape index (κ3) is 4.53. The molecule has 2 amide bonds. The fourth-order valence-corrected chi connectivity index (χ4v) is 1.62. The minimum Gasteiger partial charge on any atom is -0.398 e. The Balaban J connectivity index is 2.54. The summed E-state index contributed by atoms with van der Waals surface area (Å²) in [6.07, 6.45) is 0.174. The van der Waals surface area contributed by atoms with Crippen molar-refractivity contribution in [2.24, 2.45) is 0 Å². The van der Waals surface area contributed by atoms with Gasteiger partial charge in [0.05, 0.1) is 0 Å². The second-order valence-electron chi connectivity index (χ2n) is 4.90. The first-order valence-corrected chi connectivity index (χ1v) is 6.44. The van der Waals surface area contributed by atoms with Gasteiger partial charge in [-0.1, -0.05) is 0 Å². The summed E-state index contributed by atoms with van der Waals surface area (Å²) in [4.78, 5) is 23.2. The average Bonchev–Trinajstić information content (AvgIpc) is 2.34. The van der Waals surface area contributed by atoms with Crippen LogP contribution in [0.4, 0.5) is 10.1 Å². The van der Waals surface area contributed by atoms with Crippen molar-refractivity contribution in [2.75, 3.05) is 12.3 Å². The van der Waals surface area contributed by atoms with Gasteiger partial charge >= 0.3 is 0 Å². The maximum absolute atomic E-state index is 13.5. The van der Waals surface area contributed by atoms with Crippen molar-refractivity contribution in [2.45, 2.75) is 33.2 Å². The first-order chi connectivity index (χ1) is 9.31. The Labute approximate surface area is 117 Å². The molecule has 0 aromatic heterocycles. The van der Waals surface area contributed by atoms with Crippen LogP contribution >= 0.6 is 0 Å². The molecule has 1 rings (SSSR count). The molecule has 0 radical (unpaired) electrons. The molecule has 0 unspecified atom stereocenters. The van der Waals surface area contributed by atoms with Gasteiger partial charge in [0.1, 0.15) is 5.82 Å². The molecule has 5 nitrogen and oxygen atoms in total. The number of amides is 2. The fraction of sp³-hybridized carbons (Fsp3) is 0.429. The van der Waals surface area contributed by atoms with Crippen LogP contribution in [0.25, 0.3) is 0 Å². The minimum absolute atomic E-state index is 0.0594. The summed E-state index contributed by atoms with van der Waals surface area (Å²) in [6, 6.07) is 2.61. The quantitative estimate of drug-likeness (QED) is 0.712. The smallest absolute Gasteiger partial charge is 0.251 e. The molecule has 110 valence electrons. The lowest BCUT2D eigenvalue weighted by Crippen LogP contribution is -2.34. The van der Waals surface area contributed by atoms with E-state index in [-0.39, 0.29) is 36.2 Å². The Morgan fingerprint density at radius 1 is 1.35 bits per heavy atom. The topological polar surface area (TPSA) is 84.2 Å². The second-order valence-corrected chi connectivity index (χ2v) is 4.90. The monoisotopic (exact) mass is 281 g/mol. The zero-order chi connectivity index (χ0) is 15.3. The highest BCUT2D eigenvalue weighted by Gasteiger charge is 2.11. The molecule has 1 aromatic carbocycles. The molecule has 4 N–H and O–H groups in total. The van der Waals surface area contributed by atoms with E-state index in [0.717, 1.165) is 6.07 Å². The van der Waals surface area contributed by atoms with E-state index >= 15 is 0 Å². The van der Waals surface area contributed by atoms with Crippen molar-refractivity contribution in [3.05, 3.63) is 29.1 Å². The van der Waals surface area contributed by atoms with E-state index in [1.807, 2.05) is 13.8 Å². The Morgan fingerprint density at radius 2 is 2.00 bits per heavy atom. The van der Waals surface area contributed by atoms with Gasteiger partial charge in [0.15, 0.2) is 0 Å². The van der Waals surface area contributed by atoms with Gasteiger partial charge in [-0.3, -0.25) is 9.59 Å². The number of hydrogen-bond acceptors (Lipinski definition) is 3. The summed E-state index contributed by atoms with van der Waals surface area (Å²) in [5, 5.41) is 5.27. The van der Waals surface area contributed by atoms with Gasteiger partial charge < -0.3 is 16.4 Å². The number of nitrogens with two attached hydrogens (primary N) is 1. The number of nitrogen functional groups attached to an aromatic ring is 1. The Kier molecular flexibility index (Phi) is 5.49. The largest absolute Gasteiger partial charge is 0.398 e. The number of benzene rings is 1. The number of halogens is 1. The van der Waals surface area contributed by atoms with Crippen LogP contribution < -0.4 is 16.4 Å². The average molecular weight is 281 g/mol. The summed E-state index contributed by atoms with van der Waals surface area (Å²) in [5.41, 5.74) is 6.30. The summed E-state index contributed by atoms with van der Waals surface area (Å²) in [7, 11) is 0. The predicted octanol–water partition coefficient (Wildman–Crippen LogP) is 1.36. The van der Waals surface area contributed by atoms with Crippen molar-refractivity contribution >= 4 is 17.5 Å². The fourth-order valence-electron chi connectivity index (χ4n) is 1.62. The standard InChI is InChI=1S/C14H20FN3O2/c1-8(2)18-13(19)4-5-17-14(20)10-6-11(15)9(3)12(16)7-10/h6-8H,4-5,16H2,1-3H3,(H,17,20)(H,18,19). The van der Waals surface area contributed by atoms with Crippen LogP contribution in [0.5, 0.6) is 0 Å². The molecule has 0 aliphatic carbocycles. The summed E-state index contributed by atoms with van der Waals surface area (Å²) in [6.45, 7) is 5.44. The number of carbonyl (C=O) groups excluding carboxylic acids is 2. The number of anilines is 1. The molecule has 0 saturated heterocycles. The Morgan fingerprint density at radius 3 is 2.55 bits per heavy atom. The molecule has 20 heavy (non-hydrogen) atoms. The van der Waals surface area contributed by atoms with Crippen molar-refractivity contribution < 1.29 is 14.0 Å². The predicted molar refractivity (Wildman–Crippen MR) is 75.8 cm³/mol. The Hall–Kier alpha value is -2.11. The van der Waals surface area contributed by atoms with Gasteiger partial charge in [0, 0.05) is 35.8 Å². The van der Waals surface area contributed by atoms with E-state index in [1.165, 1.54) is 6.07 Å². The molecule has 0 aliphatic rings. The molecule has 1 aromatic rings. The van der Waals surface area contributed by atoms with E-state index in [1.54, 1.807) is 6.92 Å². The second kappa shape index (κ2) is 6.88. The highest BCUT2D eigenvalue weighted by Crippen LogP contribution is 2.17. The van der Waals surface area contributed by atoms with Gasteiger partial charge in [-0.15, -0.1) is 0 Å². The van der Waals surface area contributed by atoms with Gasteiger partial charge in [0.25, 0.3) is 5.91 Å². The zero-order valence-corrected chi connectivity index (χ0v) is 11.9. The molecule has 0 fully saturated rings. The highest BCUT2D eigenvalue weighted by molar-refractivity contribution is 5.95. The minimum atomic E-state index is -0.521. The molecule has 0 atom stereocenters. The van der Waals surface area contributed by atoms with Gasteiger partial charge in [0.2, 0.25) is 5.91 Å². The molecular weight excluding hydrogens is 261 g/mol. The van der Waals surface area contributed by atoms with E-state index < -0.39 is 11.7 Å². The van der Waals surface area contributed by atoms with Crippen molar-refractivity contribution in [3.63, 3.8) is 0 Å². The van der Waals surface area contributed by atoms with Crippen LogP contribution in [0.2, 0.25) is 0 Å². The summed E-state index contributed by atoms with van der Waals surface area (Å²) in [5.74, 6) is -1.12. The van der Waals surface area contributed by atoms with Crippen molar-refractivity contribution in [1.29, 1.82) is 0 Å². The molecule has 0 spiro atoms. The normalized spacial score (nSPS) is 10.4. The van der Waals surface area contributed by atoms with Crippen LogP contribution in [0.15, 0.2) is 12.1 Å². The SMILES string of the molecule is Cc1c(N)cc(C(=O)NCCC(=O)NC(C)C)cc1F. The van der Waals surface area contributed by atoms with Gasteiger partial charge in [-0.2, -0.15) is 0 Å². The van der Waals surface area contributed by atoms with Crippen LogP contribution in [-0.4, -0.2) is 24.4 Å². The van der Waals surface area contributed by atoms with E-state index in [0.29, 0.717) is 5.56 Å². The number of carbonyl (C=O) groups is 2. The van der Waals surface area contributed by atoms with Crippen molar-refractivity contribution in [3.8, 4) is 0 Å². The lowest BCUT2D eigenvalue weighted by Gasteiger charge is -2.10. The highest BCUT2D eigenvalue weighted by atomic mass is 19.1. The third-order valence-corrected chi connectivity index (χ3v) is 2.73. The number of hydrogen-bond donors (Lipinski definition) is 3. The maximum atomic E-state index is 13.5. The molecule has 0 bridgehead atoms. The Bertz CT molecular complexity index is 492. The van der Waals surface area contributed by atoms with E-state index in [9.17, 15) is 14.0 Å². The van der Waals surface area contributed by atoms with Gasteiger partial charge in [-0.25, -0.2) is 4.39 Å². The molecular formula is C14H20FN3O2. The lowest BCUT2D eigenvalue weighted by atomic mass is 10.1. The lowest BCUT2D eigenvalue weighted by molar-refractivity contribution is -0.121. The summed E-state index contributed by atoms with van der Waals surface area (Å²) < 4.78 is 13.5. The van der Waals surface area contributed by atoms with E-state index in [2.05, 4.69) is 10.6 Å². The molecule has 0 saturated carbocycles. The van der Waals surface area contributed by atoms with Crippen LogP contribution in [0.3, 0.4) is 0 Å².